The third-order valence-corrected chi connectivity index (χ3v) is 15.6. The van der Waals surface area contributed by atoms with Crippen LogP contribution < -0.4 is 5.32 Å². The summed E-state index contributed by atoms with van der Waals surface area (Å²) in [5.74, 6) is -0.168. The normalized spacial score (nSPS) is 19.1. The van der Waals surface area contributed by atoms with E-state index in [1.54, 1.807) is 6.08 Å². The molecule has 9 nitrogen and oxygen atoms in total. The van der Waals surface area contributed by atoms with Crippen LogP contribution in [0.5, 0.6) is 0 Å². The van der Waals surface area contributed by atoms with Crippen molar-refractivity contribution in [3.63, 3.8) is 0 Å². The second kappa shape index (κ2) is 53.3. The average Bonchev–Trinajstić information content (AvgIpc) is 3.38. The number of aliphatic hydroxyl groups is 5. The van der Waals surface area contributed by atoms with E-state index in [2.05, 4.69) is 19.2 Å². The van der Waals surface area contributed by atoms with Crippen LogP contribution in [0, 0.1) is 0 Å². The topological polar surface area (TPSA) is 149 Å². The van der Waals surface area contributed by atoms with Crippen LogP contribution in [0.2, 0.25) is 0 Å². The smallest absolute Gasteiger partial charge is 0.220 e. The summed E-state index contributed by atoms with van der Waals surface area (Å²) in [7, 11) is 0. The number of unbranched alkanes of at least 4 members (excludes halogenated alkanes) is 46. The Morgan fingerprint density at radius 3 is 1.08 bits per heavy atom. The van der Waals surface area contributed by atoms with Gasteiger partial charge in [-0.1, -0.05) is 315 Å². The van der Waals surface area contributed by atoms with Crippen LogP contribution in [0.4, 0.5) is 0 Å². The molecule has 1 saturated heterocycles. The summed E-state index contributed by atoms with van der Waals surface area (Å²) in [6.07, 6.45) is 60.1. The van der Waals surface area contributed by atoms with Gasteiger partial charge in [0.15, 0.2) is 6.29 Å². The van der Waals surface area contributed by atoms with Crippen molar-refractivity contribution >= 4 is 5.91 Å². The number of hydrogen-bond acceptors (Lipinski definition) is 8. The van der Waals surface area contributed by atoms with Crippen molar-refractivity contribution in [1.29, 1.82) is 0 Å². The second-order valence-corrected chi connectivity index (χ2v) is 22.6. The largest absolute Gasteiger partial charge is 0.394 e. The summed E-state index contributed by atoms with van der Waals surface area (Å²) in [4.78, 5) is 13.1. The van der Waals surface area contributed by atoms with E-state index in [1.165, 1.54) is 270 Å². The molecule has 7 unspecified atom stereocenters. The van der Waals surface area contributed by atoms with Gasteiger partial charge in [-0.3, -0.25) is 4.79 Å². The highest BCUT2D eigenvalue weighted by molar-refractivity contribution is 5.76. The van der Waals surface area contributed by atoms with E-state index >= 15 is 0 Å². The van der Waals surface area contributed by atoms with Crippen LogP contribution in [0.3, 0.4) is 0 Å². The van der Waals surface area contributed by atoms with Crippen LogP contribution in [0.1, 0.15) is 328 Å². The van der Waals surface area contributed by atoms with Gasteiger partial charge in [0.25, 0.3) is 0 Å². The molecule has 1 aliphatic heterocycles. The highest BCUT2D eigenvalue weighted by Crippen LogP contribution is 2.23. The zero-order chi connectivity index (χ0) is 52.2. The van der Waals surface area contributed by atoms with Gasteiger partial charge in [0.05, 0.1) is 25.4 Å². The maximum Gasteiger partial charge on any atom is 0.220 e. The Morgan fingerprint density at radius 2 is 0.764 bits per heavy atom. The van der Waals surface area contributed by atoms with Gasteiger partial charge < -0.3 is 40.3 Å². The maximum absolute atomic E-state index is 13.1. The molecule has 1 heterocycles. The first-order valence-corrected chi connectivity index (χ1v) is 31.9. The van der Waals surface area contributed by atoms with Crippen LogP contribution in [0.25, 0.3) is 0 Å². The molecule has 0 radical (unpaired) electrons. The Kier molecular flexibility index (Phi) is 51.1. The molecule has 0 aliphatic carbocycles. The van der Waals surface area contributed by atoms with E-state index in [4.69, 9.17) is 9.47 Å². The molecule has 0 aromatic rings. The van der Waals surface area contributed by atoms with E-state index < -0.39 is 49.5 Å². The van der Waals surface area contributed by atoms with Gasteiger partial charge in [0.1, 0.15) is 24.4 Å². The molecular weight excluding hydrogens is 899 g/mol. The third kappa shape index (κ3) is 42.1. The number of rotatable bonds is 56. The van der Waals surface area contributed by atoms with E-state index in [9.17, 15) is 30.3 Å². The van der Waals surface area contributed by atoms with Crippen molar-refractivity contribution in [3.8, 4) is 0 Å². The maximum atomic E-state index is 13.1. The van der Waals surface area contributed by atoms with Gasteiger partial charge in [0, 0.05) is 6.42 Å². The van der Waals surface area contributed by atoms with Gasteiger partial charge >= 0.3 is 0 Å². The number of carbonyl (C=O) groups is 1. The number of hydrogen-bond donors (Lipinski definition) is 6. The number of ether oxygens (including phenoxy) is 2. The Morgan fingerprint density at radius 1 is 0.458 bits per heavy atom. The minimum Gasteiger partial charge on any atom is -0.394 e. The van der Waals surface area contributed by atoms with Crippen molar-refractivity contribution < 1.29 is 39.8 Å². The lowest BCUT2D eigenvalue weighted by molar-refractivity contribution is -0.302. The minimum absolute atomic E-state index is 0.168. The standard InChI is InChI=1S/C63H123NO8/c1-3-5-7-9-11-13-15-17-19-21-23-25-27-28-29-30-31-32-34-36-38-40-42-44-46-48-50-52-57(66)56(55-71-63-62(70)61(69)60(68)58(54-65)72-63)64-59(67)53-51-49-47-45-43-41-39-37-35-33-26-24-22-20-18-16-14-12-10-8-6-4-2/h50,52,56-58,60-63,65-66,68-70H,3-49,51,53-55H2,1-2H3,(H,64,67)/b52-50+. The highest BCUT2D eigenvalue weighted by atomic mass is 16.7. The summed E-state index contributed by atoms with van der Waals surface area (Å²) in [5.41, 5.74) is 0. The van der Waals surface area contributed by atoms with Gasteiger partial charge in [-0.15, -0.1) is 0 Å². The molecule has 7 atom stereocenters. The zero-order valence-electron chi connectivity index (χ0n) is 47.7. The predicted octanol–water partition coefficient (Wildman–Crippen LogP) is 16.4. The quantitative estimate of drug-likeness (QED) is 0.0261. The van der Waals surface area contributed by atoms with Crippen LogP contribution in [-0.2, 0) is 14.3 Å². The lowest BCUT2D eigenvalue weighted by Gasteiger charge is -2.40. The average molecular weight is 1020 g/mol. The van der Waals surface area contributed by atoms with E-state index in [0.29, 0.717) is 6.42 Å². The van der Waals surface area contributed by atoms with Crippen molar-refractivity contribution in [2.24, 2.45) is 0 Å². The molecule has 1 aliphatic rings. The first-order valence-electron chi connectivity index (χ1n) is 31.9. The fourth-order valence-electron chi connectivity index (χ4n) is 10.6. The zero-order valence-corrected chi connectivity index (χ0v) is 47.7. The van der Waals surface area contributed by atoms with E-state index in [-0.39, 0.29) is 12.5 Å². The lowest BCUT2D eigenvalue weighted by Crippen LogP contribution is -2.60. The molecule has 0 bridgehead atoms. The molecule has 0 aromatic heterocycles. The van der Waals surface area contributed by atoms with Gasteiger partial charge in [0.2, 0.25) is 5.91 Å². The Labute approximate surface area is 446 Å². The van der Waals surface area contributed by atoms with E-state index in [0.717, 1.165) is 38.5 Å². The highest BCUT2D eigenvalue weighted by Gasteiger charge is 2.44. The molecule has 1 rings (SSSR count). The summed E-state index contributed by atoms with van der Waals surface area (Å²) in [6.45, 7) is 3.84. The number of carbonyl (C=O) groups excluding carboxylic acids is 1. The van der Waals surface area contributed by atoms with Crippen molar-refractivity contribution in [2.45, 2.75) is 371 Å². The molecule has 0 spiro atoms. The molecule has 9 heteroatoms. The van der Waals surface area contributed by atoms with Gasteiger partial charge in [-0.05, 0) is 19.3 Å². The van der Waals surface area contributed by atoms with Gasteiger partial charge in [-0.2, -0.15) is 0 Å². The van der Waals surface area contributed by atoms with E-state index in [1.807, 2.05) is 6.08 Å². The minimum atomic E-state index is -1.56. The molecule has 428 valence electrons. The molecular formula is C63H123NO8. The predicted molar refractivity (Wildman–Crippen MR) is 304 cm³/mol. The number of nitrogens with one attached hydrogen (secondary N) is 1. The fourth-order valence-corrected chi connectivity index (χ4v) is 10.6. The monoisotopic (exact) mass is 1020 g/mol. The summed E-state index contributed by atoms with van der Waals surface area (Å²) < 4.78 is 11.3. The van der Waals surface area contributed by atoms with Crippen molar-refractivity contribution in [3.05, 3.63) is 12.2 Å². The Hall–Kier alpha value is -1.07. The number of aliphatic hydroxyl groups excluding tert-OH is 5. The molecule has 0 aromatic carbocycles. The SMILES string of the molecule is CCCCCCCCCCCCCCCCCCCCCCCCCCC/C=C/C(O)C(COC1OC(CO)C(O)C(O)C1O)NC(=O)CCCCCCCCCCCCCCCCCCCCCCCC. The van der Waals surface area contributed by atoms with Crippen molar-refractivity contribution in [2.75, 3.05) is 13.2 Å². The fraction of sp³-hybridized carbons (Fsp3) is 0.952. The first kappa shape index (κ1) is 68.9. The summed E-state index contributed by atoms with van der Waals surface area (Å²) >= 11 is 0. The molecule has 1 fully saturated rings. The number of allylic oxidation sites excluding steroid dienone is 1. The summed E-state index contributed by atoms with van der Waals surface area (Å²) in [5, 5.41) is 54.7. The van der Waals surface area contributed by atoms with Crippen molar-refractivity contribution in [1.82, 2.24) is 5.32 Å². The Balaban J connectivity index is 2.17. The molecule has 0 saturated carbocycles. The van der Waals surface area contributed by atoms with Crippen LogP contribution >= 0.6 is 0 Å². The molecule has 1 amide bonds. The molecule has 6 N–H and O–H groups in total. The molecule has 72 heavy (non-hydrogen) atoms. The lowest BCUT2D eigenvalue weighted by atomic mass is 9.99. The Bertz CT molecular complexity index is 1140. The third-order valence-electron chi connectivity index (χ3n) is 15.6. The first-order chi connectivity index (χ1) is 35.3. The van der Waals surface area contributed by atoms with Gasteiger partial charge in [-0.25, -0.2) is 0 Å². The van der Waals surface area contributed by atoms with Crippen LogP contribution in [-0.4, -0.2) is 87.5 Å². The number of amides is 1. The second-order valence-electron chi connectivity index (χ2n) is 22.6. The van der Waals surface area contributed by atoms with Crippen LogP contribution in [0.15, 0.2) is 12.2 Å². The summed E-state index contributed by atoms with van der Waals surface area (Å²) in [6, 6.07) is -0.801.